The summed E-state index contributed by atoms with van der Waals surface area (Å²) in [6.45, 7) is 3.87. The molecule has 6 nitrogen and oxygen atoms in total. The highest BCUT2D eigenvalue weighted by molar-refractivity contribution is 5.98. The molecule has 1 aliphatic heterocycles. The highest BCUT2D eigenvalue weighted by Crippen LogP contribution is 2.32. The van der Waals surface area contributed by atoms with Crippen LogP contribution in [0, 0.1) is 5.92 Å². The first kappa shape index (κ1) is 17.0. The molecule has 1 N–H and O–H groups in total. The van der Waals surface area contributed by atoms with E-state index in [-0.39, 0.29) is 23.9 Å². The first-order chi connectivity index (χ1) is 12.0. The Hall–Kier alpha value is -2.89. The van der Waals surface area contributed by atoms with Gasteiger partial charge in [-0.3, -0.25) is 10.1 Å². The second-order valence-electron chi connectivity index (χ2n) is 6.13. The van der Waals surface area contributed by atoms with Crippen LogP contribution in [0.4, 0.5) is 4.79 Å². The minimum absolute atomic E-state index is 0.255. The molecule has 0 bridgehead atoms. The number of nitrogens with zero attached hydrogens (tertiary/aromatic N) is 2. The Labute approximate surface area is 146 Å². The zero-order chi connectivity index (χ0) is 18.0. The van der Waals surface area contributed by atoms with Crippen molar-refractivity contribution in [2.24, 2.45) is 5.92 Å². The van der Waals surface area contributed by atoms with Crippen LogP contribution in [-0.4, -0.2) is 28.9 Å². The monoisotopic (exact) mass is 339 g/mol. The molecular weight excluding hydrogens is 318 g/mol. The van der Waals surface area contributed by atoms with Crippen LogP contribution in [0.15, 0.2) is 42.6 Å². The van der Waals surface area contributed by atoms with Gasteiger partial charge < -0.3 is 9.64 Å². The van der Waals surface area contributed by atoms with Gasteiger partial charge in [-0.05, 0) is 30.2 Å². The van der Waals surface area contributed by atoms with Gasteiger partial charge in [0.25, 0.3) is 0 Å². The van der Waals surface area contributed by atoms with Crippen LogP contribution in [0.3, 0.4) is 0 Å². The van der Waals surface area contributed by atoms with Crippen molar-refractivity contribution in [2.75, 3.05) is 7.05 Å². The van der Waals surface area contributed by atoms with Gasteiger partial charge in [0.2, 0.25) is 11.8 Å². The van der Waals surface area contributed by atoms with E-state index in [9.17, 15) is 9.59 Å². The van der Waals surface area contributed by atoms with Gasteiger partial charge in [0.15, 0.2) is 0 Å². The van der Waals surface area contributed by atoms with Crippen molar-refractivity contribution in [3.05, 3.63) is 53.7 Å². The van der Waals surface area contributed by atoms with Crippen molar-refractivity contribution in [3.8, 4) is 11.6 Å². The zero-order valence-electron chi connectivity index (χ0n) is 14.5. The Bertz CT molecular complexity index is 769. The van der Waals surface area contributed by atoms with Crippen LogP contribution < -0.4 is 10.1 Å². The summed E-state index contributed by atoms with van der Waals surface area (Å²) in [5.74, 6) is 0.681. The first-order valence-electron chi connectivity index (χ1n) is 8.30. The fourth-order valence-electron chi connectivity index (χ4n) is 3.05. The van der Waals surface area contributed by atoms with E-state index in [2.05, 4.69) is 17.2 Å². The number of aromatic nitrogens is 1. The molecule has 1 aliphatic rings. The maximum absolute atomic E-state index is 11.9. The number of imide groups is 1. The molecule has 1 aromatic heterocycles. The summed E-state index contributed by atoms with van der Waals surface area (Å²) in [7, 11) is 1.69. The van der Waals surface area contributed by atoms with Crippen LogP contribution in [0.5, 0.6) is 11.6 Å². The number of hydrogen-bond donors (Lipinski definition) is 1. The summed E-state index contributed by atoms with van der Waals surface area (Å²) in [5.41, 5.74) is 1.93. The fourth-order valence-corrected chi connectivity index (χ4v) is 3.05. The lowest BCUT2D eigenvalue weighted by atomic mass is 9.91. The van der Waals surface area contributed by atoms with Gasteiger partial charge in [-0.15, -0.1) is 0 Å². The van der Waals surface area contributed by atoms with Crippen molar-refractivity contribution in [2.45, 2.75) is 26.3 Å². The van der Waals surface area contributed by atoms with Crippen molar-refractivity contribution in [1.82, 2.24) is 15.2 Å². The molecule has 130 valence electrons. The molecule has 0 aliphatic carbocycles. The van der Waals surface area contributed by atoms with E-state index in [1.807, 2.05) is 43.3 Å². The molecular formula is C19H21N3O3. The Morgan fingerprint density at radius 1 is 1.20 bits per heavy atom. The third-order valence-electron chi connectivity index (χ3n) is 4.52. The normalized spacial score (nSPS) is 20.4. The number of carbonyl (C=O) groups is 2. The fraction of sp³-hybridized carbons (Fsp3) is 0.316. The summed E-state index contributed by atoms with van der Waals surface area (Å²) in [4.78, 5) is 29.6. The number of amides is 3. The standard InChI is InChI=1S/C19H21N3O3/c1-4-13-6-5-11-20-18(13)25-15-9-7-14(8-10-15)16-12(2)17(23)21-19(24)22(16)3/h5-12,16H,4H2,1-3H3,(H,21,23,24). The average Bonchev–Trinajstić information content (AvgIpc) is 2.62. The zero-order valence-corrected chi connectivity index (χ0v) is 14.5. The third-order valence-corrected chi connectivity index (χ3v) is 4.52. The summed E-state index contributed by atoms with van der Waals surface area (Å²) in [5, 5.41) is 2.35. The Morgan fingerprint density at radius 2 is 1.92 bits per heavy atom. The van der Waals surface area contributed by atoms with Crippen LogP contribution in [0.25, 0.3) is 0 Å². The van der Waals surface area contributed by atoms with E-state index >= 15 is 0 Å². The van der Waals surface area contributed by atoms with Crippen LogP contribution >= 0.6 is 0 Å². The van der Waals surface area contributed by atoms with Gasteiger partial charge in [-0.25, -0.2) is 9.78 Å². The van der Waals surface area contributed by atoms with E-state index in [0.717, 1.165) is 17.5 Å². The third kappa shape index (κ3) is 3.33. The van der Waals surface area contributed by atoms with Crippen molar-refractivity contribution < 1.29 is 14.3 Å². The average molecular weight is 339 g/mol. The Kier molecular flexibility index (Phi) is 4.70. The molecule has 1 aromatic carbocycles. The van der Waals surface area contributed by atoms with Gasteiger partial charge in [-0.1, -0.05) is 32.0 Å². The first-order valence-corrected chi connectivity index (χ1v) is 8.30. The number of aryl methyl sites for hydroxylation is 1. The summed E-state index contributed by atoms with van der Waals surface area (Å²) < 4.78 is 5.87. The molecule has 0 spiro atoms. The van der Waals surface area contributed by atoms with Crippen molar-refractivity contribution in [1.29, 1.82) is 0 Å². The minimum atomic E-state index is -0.380. The van der Waals surface area contributed by atoms with Crippen molar-refractivity contribution in [3.63, 3.8) is 0 Å². The lowest BCUT2D eigenvalue weighted by Crippen LogP contribution is -2.53. The number of pyridine rings is 1. The maximum Gasteiger partial charge on any atom is 0.324 e. The van der Waals surface area contributed by atoms with Crippen LogP contribution in [-0.2, 0) is 11.2 Å². The van der Waals surface area contributed by atoms with E-state index < -0.39 is 0 Å². The highest BCUT2D eigenvalue weighted by Gasteiger charge is 2.37. The Morgan fingerprint density at radius 3 is 2.60 bits per heavy atom. The molecule has 2 heterocycles. The molecule has 2 unspecified atom stereocenters. The number of hydrogen-bond acceptors (Lipinski definition) is 4. The predicted octanol–water partition coefficient (Wildman–Crippen LogP) is 3.30. The molecule has 1 fully saturated rings. The SMILES string of the molecule is CCc1cccnc1Oc1ccc(C2C(C)C(=O)NC(=O)N2C)cc1. The molecule has 3 amide bonds. The minimum Gasteiger partial charge on any atom is -0.439 e. The van der Waals surface area contributed by atoms with Crippen LogP contribution in [0.1, 0.15) is 31.0 Å². The maximum atomic E-state index is 11.9. The van der Waals surface area contributed by atoms with Gasteiger partial charge >= 0.3 is 6.03 Å². The topological polar surface area (TPSA) is 71.5 Å². The molecule has 0 saturated carbocycles. The summed E-state index contributed by atoms with van der Waals surface area (Å²) in [6.07, 6.45) is 2.54. The molecule has 2 aromatic rings. The number of urea groups is 1. The van der Waals surface area contributed by atoms with Gasteiger partial charge in [0.1, 0.15) is 5.75 Å². The molecule has 2 atom stereocenters. The van der Waals surface area contributed by atoms with E-state index in [0.29, 0.717) is 11.6 Å². The number of ether oxygens (including phenoxy) is 1. The predicted molar refractivity (Wildman–Crippen MR) is 93.3 cm³/mol. The summed E-state index contributed by atoms with van der Waals surface area (Å²) >= 11 is 0. The van der Waals surface area contributed by atoms with E-state index in [1.54, 1.807) is 18.1 Å². The number of benzene rings is 1. The smallest absolute Gasteiger partial charge is 0.324 e. The lowest BCUT2D eigenvalue weighted by molar-refractivity contribution is -0.127. The second kappa shape index (κ2) is 6.93. The van der Waals surface area contributed by atoms with E-state index in [4.69, 9.17) is 4.74 Å². The molecule has 1 saturated heterocycles. The van der Waals surface area contributed by atoms with Crippen molar-refractivity contribution >= 4 is 11.9 Å². The number of carbonyl (C=O) groups excluding carboxylic acids is 2. The quantitative estimate of drug-likeness (QED) is 0.928. The molecule has 25 heavy (non-hydrogen) atoms. The number of rotatable bonds is 4. The van der Waals surface area contributed by atoms with Gasteiger partial charge in [0, 0.05) is 18.8 Å². The number of nitrogens with one attached hydrogen (secondary N) is 1. The summed E-state index contributed by atoms with van der Waals surface area (Å²) in [6, 6.07) is 10.6. The highest BCUT2D eigenvalue weighted by atomic mass is 16.5. The van der Waals surface area contributed by atoms with Gasteiger partial charge in [0.05, 0.1) is 12.0 Å². The Balaban J connectivity index is 1.82. The van der Waals surface area contributed by atoms with Gasteiger partial charge in [-0.2, -0.15) is 0 Å². The molecule has 0 radical (unpaired) electrons. The van der Waals surface area contributed by atoms with E-state index in [1.165, 1.54) is 0 Å². The van der Waals surface area contributed by atoms with Crippen LogP contribution in [0.2, 0.25) is 0 Å². The molecule has 6 heteroatoms. The lowest BCUT2D eigenvalue weighted by Gasteiger charge is -2.36. The second-order valence-corrected chi connectivity index (χ2v) is 6.13. The molecule has 3 rings (SSSR count). The largest absolute Gasteiger partial charge is 0.439 e.